The Hall–Kier alpha value is -3.63. The van der Waals surface area contributed by atoms with Crippen LogP contribution in [-0.2, 0) is 31.9 Å². The third kappa shape index (κ3) is 9.72. The zero-order valence-corrected chi connectivity index (χ0v) is 33.4. The smallest absolute Gasteiger partial charge is 0.0365 e. The molecule has 2 nitrogen and oxygen atoms in total. The summed E-state index contributed by atoms with van der Waals surface area (Å²) in [6.45, 7) is 8.22. The van der Waals surface area contributed by atoms with Crippen molar-refractivity contribution < 1.29 is 24.2 Å². The van der Waals surface area contributed by atoms with Crippen molar-refractivity contribution in [2.75, 3.05) is 0 Å². The molecule has 6 aromatic rings. The number of rotatable bonds is 8. The van der Waals surface area contributed by atoms with Gasteiger partial charge in [0.25, 0.3) is 0 Å². The average molecular weight is 871 g/mol. The van der Waals surface area contributed by atoms with Crippen molar-refractivity contribution in [1.82, 2.24) is 9.97 Å². The second kappa shape index (κ2) is 16.7. The maximum atomic E-state index is 8.51. The molecule has 0 N–H and O–H groups in total. The molecule has 4 aromatic carbocycles. The van der Waals surface area contributed by atoms with Crippen LogP contribution in [0.5, 0.6) is 0 Å². The van der Waals surface area contributed by atoms with Crippen molar-refractivity contribution in [3.05, 3.63) is 174 Å². The molecule has 2 aromatic heterocycles. The molecule has 48 heavy (non-hydrogen) atoms. The van der Waals surface area contributed by atoms with Crippen molar-refractivity contribution in [3.63, 3.8) is 0 Å². The van der Waals surface area contributed by atoms with Crippen LogP contribution >= 0.6 is 0 Å². The summed E-state index contributed by atoms with van der Waals surface area (Å²) in [6.07, 6.45) is 1.97. The van der Waals surface area contributed by atoms with Crippen LogP contribution in [0.4, 0.5) is 0 Å². The van der Waals surface area contributed by atoms with Gasteiger partial charge in [0.15, 0.2) is 0 Å². The molecule has 0 amide bonds. The maximum Gasteiger partial charge on any atom is 0.0365 e. The number of hydrogen-bond acceptors (Lipinski definition) is 2. The largest absolute Gasteiger partial charge is 0.305 e. The van der Waals surface area contributed by atoms with Gasteiger partial charge in [-0.2, -0.15) is 0 Å². The molecule has 247 valence electrons. The molecule has 0 saturated heterocycles. The first-order valence-corrected chi connectivity index (χ1v) is 23.5. The second-order valence-electron chi connectivity index (χ2n) is 13.6. The zero-order valence-electron chi connectivity index (χ0n) is 31.9. The van der Waals surface area contributed by atoms with Gasteiger partial charge in [-0.25, -0.2) is 0 Å². The molecular formula is C44H46GeIrN2-2. The van der Waals surface area contributed by atoms with Gasteiger partial charge in [-0.05, 0) is 35.2 Å². The average Bonchev–Trinajstić information content (AvgIpc) is 3.12. The summed E-state index contributed by atoms with van der Waals surface area (Å²) in [4.78, 5) is 9.00. The van der Waals surface area contributed by atoms with E-state index in [1.54, 1.807) is 36.5 Å². The molecule has 0 atom stereocenters. The van der Waals surface area contributed by atoms with Gasteiger partial charge in [-0.1, -0.05) is 50.2 Å². The van der Waals surface area contributed by atoms with E-state index < -0.39 is 25.5 Å². The van der Waals surface area contributed by atoms with Crippen LogP contribution in [0.2, 0.25) is 17.3 Å². The van der Waals surface area contributed by atoms with Gasteiger partial charge < -0.3 is 4.98 Å². The minimum absolute atomic E-state index is 0. The van der Waals surface area contributed by atoms with E-state index in [4.69, 9.17) is 4.11 Å². The third-order valence-electron chi connectivity index (χ3n) is 8.40. The Bertz CT molecular complexity index is 1890. The molecular weight excluding hydrogens is 821 g/mol. The minimum atomic E-state index is -1.87. The number of pyridine rings is 2. The Morgan fingerprint density at radius 3 is 1.92 bits per heavy atom. The number of hydrogen-bond donors (Lipinski definition) is 0. The van der Waals surface area contributed by atoms with Gasteiger partial charge in [0.1, 0.15) is 0 Å². The summed E-state index contributed by atoms with van der Waals surface area (Å²) in [5, 5.41) is 0. The number of benzene rings is 4. The molecule has 0 fully saturated rings. The normalized spacial score (nSPS) is 12.8. The SMILES string of the molecule is CC(C)(c1ccccc1)c1cc[c-]c(-c2c[c]([Ge]([CH3])([CH3])[CH3])ccn2)c1.[2H]C(C)(C)c1cc[c-]c(-c2cc(C([2H])([2H])c3ccccc3)ccn2)c1.[Ir]. The molecule has 0 saturated carbocycles. The van der Waals surface area contributed by atoms with E-state index >= 15 is 0 Å². The van der Waals surface area contributed by atoms with Crippen LogP contribution in [0, 0.1) is 12.1 Å². The molecule has 0 aliphatic carbocycles. The van der Waals surface area contributed by atoms with Crippen molar-refractivity contribution in [1.29, 1.82) is 0 Å². The fourth-order valence-electron chi connectivity index (χ4n) is 5.34. The van der Waals surface area contributed by atoms with Crippen LogP contribution in [0.3, 0.4) is 0 Å². The zero-order chi connectivity index (χ0) is 36.2. The Balaban J connectivity index is 0.000000224. The van der Waals surface area contributed by atoms with Crippen molar-refractivity contribution in [3.8, 4) is 22.5 Å². The van der Waals surface area contributed by atoms with Crippen LogP contribution in [0.25, 0.3) is 22.5 Å². The Morgan fingerprint density at radius 1 is 0.688 bits per heavy atom. The van der Waals surface area contributed by atoms with Crippen molar-refractivity contribution >= 4 is 17.7 Å². The van der Waals surface area contributed by atoms with Crippen LogP contribution in [0.15, 0.2) is 134 Å². The Labute approximate surface area is 309 Å². The predicted molar refractivity (Wildman–Crippen MR) is 202 cm³/mol. The summed E-state index contributed by atoms with van der Waals surface area (Å²) in [6, 6.07) is 46.3. The molecule has 2 heterocycles. The first-order chi connectivity index (χ1) is 23.6. The van der Waals surface area contributed by atoms with Gasteiger partial charge in [-0.3, -0.25) is 0 Å². The van der Waals surface area contributed by atoms with Crippen LogP contribution < -0.4 is 4.40 Å². The molecule has 0 spiro atoms. The van der Waals surface area contributed by atoms with E-state index in [1.807, 2.05) is 56.4 Å². The first kappa shape index (κ1) is 32.9. The predicted octanol–water partition coefficient (Wildman–Crippen LogP) is 10.7. The second-order valence-corrected chi connectivity index (χ2v) is 24.2. The fraction of sp³-hybridized carbons (Fsp3) is 0.227. The van der Waals surface area contributed by atoms with E-state index in [1.165, 1.54) is 15.5 Å². The quantitative estimate of drug-likeness (QED) is 0.113. The summed E-state index contributed by atoms with van der Waals surface area (Å²) >= 11 is -1.87. The monoisotopic (exact) mass is 872 g/mol. The Kier molecular flexibility index (Phi) is 11.4. The van der Waals surface area contributed by atoms with E-state index in [-0.39, 0.29) is 25.5 Å². The third-order valence-corrected chi connectivity index (χ3v) is 12.7. The summed E-state index contributed by atoms with van der Waals surface area (Å²) in [7, 11) is 0. The summed E-state index contributed by atoms with van der Waals surface area (Å²) in [5.41, 5.74) is 8.12. The summed E-state index contributed by atoms with van der Waals surface area (Å²) < 4.78 is 26.7. The van der Waals surface area contributed by atoms with Gasteiger partial charge in [0, 0.05) is 30.4 Å². The van der Waals surface area contributed by atoms with E-state index in [0.29, 0.717) is 16.8 Å². The van der Waals surface area contributed by atoms with Crippen molar-refractivity contribution in [2.45, 2.75) is 62.6 Å². The molecule has 0 unspecified atom stereocenters. The number of nitrogens with zero attached hydrogens (tertiary/aromatic N) is 2. The molecule has 1 radical (unpaired) electrons. The van der Waals surface area contributed by atoms with Gasteiger partial charge in [-0.15, -0.1) is 35.4 Å². The van der Waals surface area contributed by atoms with Crippen LogP contribution in [0.1, 0.15) is 65.5 Å². The maximum absolute atomic E-state index is 8.51. The Morgan fingerprint density at radius 2 is 1.27 bits per heavy atom. The molecule has 0 aliphatic rings. The van der Waals surface area contributed by atoms with Crippen LogP contribution in [-0.4, -0.2) is 23.2 Å². The molecule has 6 rings (SSSR count). The number of aromatic nitrogens is 2. The van der Waals surface area contributed by atoms with Gasteiger partial charge in [0.05, 0.1) is 0 Å². The van der Waals surface area contributed by atoms with Gasteiger partial charge in [0.2, 0.25) is 0 Å². The standard InChI is InChI=1S/C23H26GeN.C21H20N.Ir/c1-23(2,19-11-7-6-8-12-19)20-13-9-10-18(16-20)22-17-21(14-15-25-22)24(3,4)5;1-16(2)19-9-6-10-20(15-19)21-14-18(11-12-22-21)13-17-7-4-3-5-8-17;/h6-9,11-17H,1-5H3;3-9,11-12,14-16H,13H2,1-2H3;/q2*-1;/i;13D2,16D;. The summed E-state index contributed by atoms with van der Waals surface area (Å²) in [5.74, 6) is 6.54. The molecule has 0 bridgehead atoms. The minimum Gasteiger partial charge on any atom is -0.305 e. The van der Waals surface area contributed by atoms with E-state index in [0.717, 1.165) is 22.4 Å². The van der Waals surface area contributed by atoms with E-state index in [9.17, 15) is 0 Å². The topological polar surface area (TPSA) is 25.8 Å². The van der Waals surface area contributed by atoms with Crippen molar-refractivity contribution in [2.24, 2.45) is 0 Å². The molecule has 0 aliphatic heterocycles. The molecule has 4 heteroatoms. The first-order valence-electron chi connectivity index (χ1n) is 17.7. The van der Waals surface area contributed by atoms with E-state index in [2.05, 4.69) is 108 Å². The fourth-order valence-corrected chi connectivity index (χ4v) is 7.74. The van der Waals surface area contributed by atoms with Gasteiger partial charge >= 0.3 is 154 Å².